The van der Waals surface area contributed by atoms with Crippen molar-refractivity contribution in [1.82, 2.24) is 20.9 Å². The van der Waals surface area contributed by atoms with Crippen molar-refractivity contribution < 1.29 is 14.3 Å². The summed E-state index contributed by atoms with van der Waals surface area (Å²) < 4.78 is 5.88. The van der Waals surface area contributed by atoms with Crippen molar-refractivity contribution in [2.45, 2.75) is 44.6 Å². The number of rotatable bonds is 8. The van der Waals surface area contributed by atoms with Gasteiger partial charge in [0.05, 0.1) is 12.6 Å². The Hall–Kier alpha value is -1.83. The van der Waals surface area contributed by atoms with Gasteiger partial charge in [-0.05, 0) is 19.3 Å². The first kappa shape index (κ1) is 18.5. The van der Waals surface area contributed by atoms with Crippen LogP contribution in [0.5, 0.6) is 0 Å². The summed E-state index contributed by atoms with van der Waals surface area (Å²) in [7, 11) is 1.70. The molecule has 2 aliphatic rings. The molecule has 1 saturated carbocycles. The van der Waals surface area contributed by atoms with Crippen LogP contribution in [-0.2, 0) is 9.53 Å². The van der Waals surface area contributed by atoms with Gasteiger partial charge in [0.2, 0.25) is 5.91 Å². The minimum absolute atomic E-state index is 0.0901. The third-order valence-corrected chi connectivity index (χ3v) is 4.31. The summed E-state index contributed by atoms with van der Waals surface area (Å²) in [5.74, 6) is 0.476. The molecule has 0 unspecified atom stereocenters. The van der Waals surface area contributed by atoms with Gasteiger partial charge in [-0.2, -0.15) is 0 Å². The summed E-state index contributed by atoms with van der Waals surface area (Å²) >= 11 is 0. The lowest BCUT2D eigenvalue weighted by Crippen LogP contribution is -2.43. The number of imide groups is 1. The zero-order valence-corrected chi connectivity index (χ0v) is 14.5. The number of ether oxygens (including phenoxy) is 1. The zero-order chi connectivity index (χ0) is 17.2. The number of aliphatic imine (C=N–C) groups is 1. The molecule has 2 rings (SSSR count). The van der Waals surface area contributed by atoms with Gasteiger partial charge < -0.3 is 20.7 Å². The van der Waals surface area contributed by atoms with Gasteiger partial charge in [-0.3, -0.25) is 14.7 Å². The van der Waals surface area contributed by atoms with E-state index in [0.717, 1.165) is 19.6 Å². The monoisotopic (exact) mass is 339 g/mol. The molecule has 1 saturated heterocycles. The fourth-order valence-corrected chi connectivity index (χ4v) is 2.95. The highest BCUT2D eigenvalue weighted by atomic mass is 16.5. The molecule has 1 aliphatic heterocycles. The number of amides is 3. The summed E-state index contributed by atoms with van der Waals surface area (Å²) in [5.41, 5.74) is 0. The van der Waals surface area contributed by atoms with Gasteiger partial charge in [-0.25, -0.2) is 4.79 Å². The van der Waals surface area contributed by atoms with Crippen molar-refractivity contribution >= 4 is 17.9 Å². The molecule has 0 bridgehead atoms. The van der Waals surface area contributed by atoms with E-state index < -0.39 is 0 Å². The maximum absolute atomic E-state index is 11.5. The second kappa shape index (κ2) is 10.1. The van der Waals surface area contributed by atoms with Crippen molar-refractivity contribution in [3.05, 3.63) is 0 Å². The molecule has 0 atom stereocenters. The van der Waals surface area contributed by atoms with E-state index in [1.54, 1.807) is 7.05 Å². The van der Waals surface area contributed by atoms with Gasteiger partial charge in [-0.15, -0.1) is 0 Å². The largest absolute Gasteiger partial charge is 0.378 e. The minimum Gasteiger partial charge on any atom is -0.378 e. The molecule has 0 aromatic carbocycles. The van der Waals surface area contributed by atoms with Crippen LogP contribution in [0, 0.1) is 0 Å². The Morgan fingerprint density at radius 3 is 2.67 bits per heavy atom. The lowest BCUT2D eigenvalue weighted by molar-refractivity contribution is -0.124. The van der Waals surface area contributed by atoms with Crippen LogP contribution in [0.4, 0.5) is 4.79 Å². The molecule has 0 spiro atoms. The first-order valence-electron chi connectivity index (χ1n) is 8.85. The van der Waals surface area contributed by atoms with E-state index in [4.69, 9.17) is 4.74 Å². The second-order valence-corrected chi connectivity index (χ2v) is 6.11. The standard InChI is InChI=1S/C16H29N5O3/c1-17-15(19-9-10-21-14(22)12-20-16(21)23)18-8-5-11-24-13-6-3-2-4-7-13/h13H,2-12H2,1H3,(H,20,23)(H2,17,18,19). The number of nitrogens with one attached hydrogen (secondary N) is 3. The zero-order valence-electron chi connectivity index (χ0n) is 14.5. The minimum atomic E-state index is -0.329. The van der Waals surface area contributed by atoms with Gasteiger partial charge in [0.15, 0.2) is 5.96 Å². The van der Waals surface area contributed by atoms with Crippen LogP contribution < -0.4 is 16.0 Å². The van der Waals surface area contributed by atoms with E-state index >= 15 is 0 Å². The number of nitrogens with zero attached hydrogens (tertiary/aromatic N) is 2. The Balaban J connectivity index is 1.52. The highest BCUT2D eigenvalue weighted by Crippen LogP contribution is 2.20. The van der Waals surface area contributed by atoms with Gasteiger partial charge in [0.1, 0.15) is 0 Å². The molecule has 8 heteroatoms. The lowest BCUT2D eigenvalue weighted by atomic mass is 9.98. The molecule has 0 aromatic heterocycles. The fraction of sp³-hybridized carbons (Fsp3) is 0.812. The first-order chi connectivity index (χ1) is 11.7. The molecular formula is C16H29N5O3. The second-order valence-electron chi connectivity index (χ2n) is 6.11. The van der Waals surface area contributed by atoms with Crippen LogP contribution in [0.1, 0.15) is 38.5 Å². The third-order valence-electron chi connectivity index (χ3n) is 4.31. The number of carbonyl (C=O) groups excluding carboxylic acids is 2. The highest BCUT2D eigenvalue weighted by Gasteiger charge is 2.27. The Labute approximate surface area is 143 Å². The Morgan fingerprint density at radius 1 is 1.25 bits per heavy atom. The maximum Gasteiger partial charge on any atom is 0.324 e. The third kappa shape index (κ3) is 5.99. The summed E-state index contributed by atoms with van der Waals surface area (Å²) in [5, 5.41) is 8.81. The molecule has 3 amide bonds. The van der Waals surface area contributed by atoms with Crippen LogP contribution in [-0.4, -0.2) is 68.7 Å². The summed E-state index contributed by atoms with van der Waals surface area (Å²) in [6, 6.07) is -0.329. The van der Waals surface area contributed by atoms with Crippen molar-refractivity contribution in [3.8, 4) is 0 Å². The molecule has 136 valence electrons. The number of hydrogen-bond acceptors (Lipinski definition) is 4. The van der Waals surface area contributed by atoms with Gasteiger partial charge in [0.25, 0.3) is 0 Å². The van der Waals surface area contributed by atoms with Crippen molar-refractivity contribution in [1.29, 1.82) is 0 Å². The number of guanidine groups is 1. The number of urea groups is 1. The Bertz CT molecular complexity index is 433. The predicted molar refractivity (Wildman–Crippen MR) is 91.9 cm³/mol. The van der Waals surface area contributed by atoms with Gasteiger partial charge in [0, 0.05) is 33.3 Å². The van der Waals surface area contributed by atoms with Crippen molar-refractivity contribution in [3.63, 3.8) is 0 Å². The van der Waals surface area contributed by atoms with Crippen LogP contribution >= 0.6 is 0 Å². The molecular weight excluding hydrogens is 310 g/mol. The summed E-state index contributed by atoms with van der Waals surface area (Å²) in [6.45, 7) is 2.42. The van der Waals surface area contributed by atoms with Crippen LogP contribution in [0.25, 0.3) is 0 Å². The topological polar surface area (TPSA) is 95.1 Å². The molecule has 1 aliphatic carbocycles. The Morgan fingerprint density at radius 2 is 2.00 bits per heavy atom. The molecule has 0 radical (unpaired) electrons. The molecule has 3 N–H and O–H groups in total. The van der Waals surface area contributed by atoms with E-state index in [-0.39, 0.29) is 18.5 Å². The van der Waals surface area contributed by atoms with E-state index in [1.165, 1.54) is 37.0 Å². The Kier molecular flexibility index (Phi) is 7.81. The van der Waals surface area contributed by atoms with E-state index in [9.17, 15) is 9.59 Å². The van der Waals surface area contributed by atoms with Gasteiger partial charge >= 0.3 is 6.03 Å². The molecule has 1 heterocycles. The van der Waals surface area contributed by atoms with Gasteiger partial charge in [-0.1, -0.05) is 19.3 Å². The highest BCUT2D eigenvalue weighted by molar-refractivity contribution is 6.01. The van der Waals surface area contributed by atoms with Crippen LogP contribution in [0.2, 0.25) is 0 Å². The van der Waals surface area contributed by atoms with E-state index in [1.807, 2.05) is 0 Å². The number of hydrogen-bond donors (Lipinski definition) is 3. The molecule has 2 fully saturated rings. The van der Waals surface area contributed by atoms with Crippen molar-refractivity contribution in [2.24, 2.45) is 4.99 Å². The SMILES string of the molecule is CN=C(NCCCOC1CCCCC1)NCCN1C(=O)CNC1=O. The fourth-order valence-electron chi connectivity index (χ4n) is 2.95. The van der Waals surface area contributed by atoms with E-state index in [0.29, 0.717) is 25.2 Å². The normalized spacial score (nSPS) is 19.5. The quantitative estimate of drug-likeness (QED) is 0.258. The van der Waals surface area contributed by atoms with E-state index in [2.05, 4.69) is 20.9 Å². The summed E-state index contributed by atoms with van der Waals surface area (Å²) in [4.78, 5) is 28.2. The lowest BCUT2D eigenvalue weighted by Gasteiger charge is -2.22. The molecule has 8 nitrogen and oxygen atoms in total. The van der Waals surface area contributed by atoms with Crippen LogP contribution in [0.15, 0.2) is 4.99 Å². The average Bonchev–Trinajstić information content (AvgIpc) is 2.92. The number of carbonyl (C=O) groups is 2. The summed E-state index contributed by atoms with van der Waals surface area (Å²) in [6.07, 6.45) is 7.67. The molecule has 0 aromatic rings. The van der Waals surface area contributed by atoms with Crippen molar-refractivity contribution in [2.75, 3.05) is 39.8 Å². The van der Waals surface area contributed by atoms with Crippen LogP contribution in [0.3, 0.4) is 0 Å². The smallest absolute Gasteiger partial charge is 0.324 e. The molecule has 24 heavy (non-hydrogen) atoms. The first-order valence-corrected chi connectivity index (χ1v) is 8.85. The predicted octanol–water partition coefficient (Wildman–Crippen LogP) is 0.443. The average molecular weight is 339 g/mol. The maximum atomic E-state index is 11.5.